The lowest BCUT2D eigenvalue weighted by molar-refractivity contribution is -0.231. The Hall–Kier alpha value is -4.18. The first-order valence-electron chi connectivity index (χ1n) is 32.9. The van der Waals surface area contributed by atoms with Crippen LogP contribution in [0.3, 0.4) is 0 Å². The van der Waals surface area contributed by atoms with Gasteiger partial charge in [-0.05, 0) is 103 Å². The van der Waals surface area contributed by atoms with E-state index < -0.39 is 236 Å². The molecule has 0 aliphatic carbocycles. The average Bonchev–Trinajstić information content (AvgIpc) is 1.64. The summed E-state index contributed by atoms with van der Waals surface area (Å²) in [6, 6.07) is -5.29. The van der Waals surface area contributed by atoms with Crippen LogP contribution in [-0.2, 0) is 128 Å². The monoisotopic (exact) mass is 1380 g/mol. The number of hydrogen-bond acceptors (Lipinski definition) is 28. The molecule has 0 aromatic carbocycles. The largest absolute Gasteiger partial charge is 0.469 e. The van der Waals surface area contributed by atoms with Gasteiger partial charge in [-0.1, -0.05) is 0 Å². The van der Waals surface area contributed by atoms with Crippen molar-refractivity contribution in [1.82, 2.24) is 26.6 Å². The fourth-order valence-electron chi connectivity index (χ4n) is 14.7. The first kappa shape index (κ1) is 74.5. The summed E-state index contributed by atoms with van der Waals surface area (Å²) in [4.78, 5) is 85.9. The maximum atomic E-state index is 15.1. The van der Waals surface area contributed by atoms with Gasteiger partial charge in [0.2, 0.25) is 23.6 Å². The lowest BCUT2D eigenvalue weighted by Crippen LogP contribution is -2.55. The number of rotatable bonds is 27. The number of nitrogens with one attached hydrogen (secondary N) is 5. The molecule has 10 aliphatic heterocycles. The van der Waals surface area contributed by atoms with Crippen LogP contribution < -0.4 is 26.6 Å². The lowest BCUT2D eigenvalue weighted by atomic mass is 9.96. The third-order valence-corrected chi connectivity index (χ3v) is 18.3. The number of esters is 1. The molecular formula is C63H101N5O28. The predicted molar refractivity (Wildman–Crippen MR) is 323 cm³/mol. The van der Waals surface area contributed by atoms with Crippen molar-refractivity contribution >= 4 is 35.7 Å². The molecule has 10 fully saturated rings. The summed E-state index contributed by atoms with van der Waals surface area (Å²) in [6.45, 7) is 22.4. The van der Waals surface area contributed by atoms with Crippen molar-refractivity contribution in [2.24, 2.45) is 0 Å². The molecule has 10 saturated heterocycles. The van der Waals surface area contributed by atoms with E-state index in [4.69, 9.17) is 104 Å². The second-order valence-electron chi connectivity index (χ2n) is 29.1. The Labute approximate surface area is 559 Å². The minimum absolute atomic E-state index is 0.0746. The van der Waals surface area contributed by atoms with Crippen molar-refractivity contribution in [3.8, 4) is 0 Å². The van der Waals surface area contributed by atoms with Crippen molar-refractivity contribution < 1.29 is 133 Å². The van der Waals surface area contributed by atoms with E-state index in [0.29, 0.717) is 0 Å². The SMILES string of the molecule is COC(=O)CC(NC(=O)CC[C@H](NC(=O)C[C@H](NC(=O)CC[C@H](NC(=O)C[C@H](NC(=O)OC(C)(C)C)[C@H]1O[C@H](OC)[C@H]2OC(C)(C)O[C@H]21)[C@H]1O[C@H](OC)[C@H]2OC(C)(C)O[C@H]21)[C@H]1O[C@H](OC)[C@H]2OC(C)(C)O[C@H]21)[C@H]1O[C@H](OC)[C@H]2OC(C)(C)O[C@H]21)[C@H]1O[C@H](OC)[C@H]2OC(C)(C)O[C@H]21. The Bertz CT molecular complexity index is 2770. The number of methoxy groups -OCH3 is 6. The van der Waals surface area contributed by atoms with E-state index in [-0.39, 0.29) is 32.1 Å². The summed E-state index contributed by atoms with van der Waals surface area (Å²) in [6.07, 6.45) is -20.1. The minimum atomic E-state index is -1.18. The molecule has 10 heterocycles. The molecule has 0 aromatic rings. The number of amides is 5. The minimum Gasteiger partial charge on any atom is -0.469 e. The summed E-state index contributed by atoms with van der Waals surface area (Å²) in [7, 11) is 8.45. The molecule has 5 N–H and O–H groups in total. The first-order valence-corrected chi connectivity index (χ1v) is 32.9. The van der Waals surface area contributed by atoms with Crippen molar-refractivity contribution in [1.29, 1.82) is 0 Å². The third kappa shape index (κ3) is 16.9. The molecule has 10 aliphatic rings. The highest BCUT2D eigenvalue weighted by Gasteiger charge is 2.63. The lowest BCUT2D eigenvalue weighted by Gasteiger charge is -2.33. The van der Waals surface area contributed by atoms with Gasteiger partial charge in [0.25, 0.3) is 0 Å². The number of ether oxygens (including phenoxy) is 22. The molecule has 0 radical (unpaired) electrons. The summed E-state index contributed by atoms with van der Waals surface area (Å²) >= 11 is 0. The summed E-state index contributed by atoms with van der Waals surface area (Å²) in [5, 5.41) is 15.0. The van der Waals surface area contributed by atoms with Gasteiger partial charge in [-0.2, -0.15) is 0 Å². The van der Waals surface area contributed by atoms with Gasteiger partial charge in [-0.25, -0.2) is 4.79 Å². The van der Waals surface area contributed by atoms with Gasteiger partial charge in [0, 0.05) is 61.2 Å². The molecule has 33 heteroatoms. The maximum Gasteiger partial charge on any atom is 0.407 e. The van der Waals surface area contributed by atoms with Gasteiger partial charge >= 0.3 is 12.1 Å². The maximum absolute atomic E-state index is 15.1. The first-order chi connectivity index (χ1) is 45.0. The van der Waals surface area contributed by atoms with Gasteiger partial charge in [-0.15, -0.1) is 0 Å². The Balaban J connectivity index is 0.898. The second kappa shape index (κ2) is 29.0. The molecule has 25 atom stereocenters. The molecule has 0 saturated carbocycles. The van der Waals surface area contributed by atoms with Gasteiger partial charge in [0.1, 0.15) is 97.2 Å². The number of fused-ring (bicyclic) bond motifs is 5. The molecule has 0 bridgehead atoms. The molecule has 546 valence electrons. The number of carbonyl (C=O) groups excluding carboxylic acids is 6. The summed E-state index contributed by atoms with van der Waals surface area (Å²) in [5.74, 6) is -8.43. The van der Waals surface area contributed by atoms with E-state index >= 15 is 4.79 Å². The fraction of sp³-hybridized carbons (Fsp3) is 0.905. The Morgan fingerprint density at radius 2 is 0.583 bits per heavy atom. The van der Waals surface area contributed by atoms with E-state index in [1.807, 2.05) is 0 Å². The molecule has 1 unspecified atom stereocenters. The van der Waals surface area contributed by atoms with Crippen LogP contribution in [0, 0.1) is 0 Å². The average molecular weight is 1380 g/mol. The molecule has 10 rings (SSSR count). The van der Waals surface area contributed by atoms with Gasteiger partial charge < -0.3 is 131 Å². The summed E-state index contributed by atoms with van der Waals surface area (Å²) < 4.78 is 134. The second-order valence-corrected chi connectivity index (χ2v) is 29.1. The zero-order valence-electron chi connectivity index (χ0n) is 58.3. The van der Waals surface area contributed by atoms with E-state index in [1.165, 1.54) is 42.7 Å². The highest BCUT2D eigenvalue weighted by Crippen LogP contribution is 2.46. The number of carbonyl (C=O) groups is 6. The highest BCUT2D eigenvalue weighted by molar-refractivity contribution is 5.81. The molecule has 33 nitrogen and oxygen atoms in total. The third-order valence-electron chi connectivity index (χ3n) is 18.3. The molecular weight excluding hydrogens is 1270 g/mol. The van der Waals surface area contributed by atoms with Crippen LogP contribution in [0.15, 0.2) is 0 Å². The normalized spacial score (nSPS) is 38.5. The van der Waals surface area contributed by atoms with Gasteiger partial charge in [-0.3, -0.25) is 24.0 Å². The Morgan fingerprint density at radius 3 is 0.844 bits per heavy atom. The predicted octanol–water partition coefficient (Wildman–Crippen LogP) is 1.18. The molecule has 96 heavy (non-hydrogen) atoms. The Kier molecular flexibility index (Phi) is 22.5. The molecule has 0 spiro atoms. The fourth-order valence-corrected chi connectivity index (χ4v) is 14.7. The van der Waals surface area contributed by atoms with Crippen LogP contribution in [0.1, 0.15) is 135 Å². The van der Waals surface area contributed by atoms with Crippen LogP contribution in [-0.4, -0.2) is 266 Å². The summed E-state index contributed by atoms with van der Waals surface area (Å²) in [5.41, 5.74) is -0.916. The number of alkyl carbamates (subject to hydrolysis) is 1. The van der Waals surface area contributed by atoms with E-state index in [2.05, 4.69) is 26.6 Å². The smallest absolute Gasteiger partial charge is 0.407 e. The molecule has 0 aromatic heterocycles. The van der Waals surface area contributed by atoms with E-state index in [1.54, 1.807) is 90.0 Å². The quantitative estimate of drug-likeness (QED) is 0.0721. The molecule has 5 amide bonds. The van der Waals surface area contributed by atoms with Gasteiger partial charge in [0.15, 0.2) is 60.4 Å². The van der Waals surface area contributed by atoms with Gasteiger partial charge in [0.05, 0.1) is 43.7 Å². The van der Waals surface area contributed by atoms with Crippen LogP contribution in [0.25, 0.3) is 0 Å². The Morgan fingerprint density at radius 1 is 0.344 bits per heavy atom. The number of hydrogen-bond donors (Lipinski definition) is 5. The van der Waals surface area contributed by atoms with Crippen LogP contribution in [0.2, 0.25) is 0 Å². The highest BCUT2D eigenvalue weighted by atomic mass is 16.8. The van der Waals surface area contributed by atoms with Crippen molar-refractivity contribution in [2.45, 2.75) is 323 Å². The van der Waals surface area contributed by atoms with Crippen LogP contribution in [0.5, 0.6) is 0 Å². The van der Waals surface area contributed by atoms with Crippen molar-refractivity contribution in [3.63, 3.8) is 0 Å². The standard InChI is InChI=1S/C63H101N5O28/c1-58(2,3)96-57(74)68-30(40-45-50(55(79-18)84-40)94-62(10,11)89-45)25-35(72)65-28(38-43-48(53(77-16)82-38)92-60(6,7)87-43)20-22-32(69)66-29(39-44-49(54(78-17)83-39)93-61(8,9)88-44)24-34(71)64-27(37-42-47(52(76-15)81-37)91-59(4,5)86-42)21-23-33(70)67-31(26-36(73)75-14)41-46-51(56(80-19)85-41)95-63(12,13)90-46/h27-31,37-56H,20-26H2,1-19H3,(H,64,71)(H,65,72)(H,66,69)(H,67,70)(H,68,74)/t27-,28-,29-,30-,31?,37+,38+,39+,40+,41+,42-,43-,44-,45-,46-,47-,48-,49-,50-,51-,52-,53-,54-,55-,56-/m0/s1. The van der Waals surface area contributed by atoms with E-state index in [0.717, 1.165) is 0 Å². The van der Waals surface area contributed by atoms with E-state index in [9.17, 15) is 24.0 Å². The van der Waals surface area contributed by atoms with Crippen LogP contribution >= 0.6 is 0 Å². The van der Waals surface area contributed by atoms with Crippen LogP contribution in [0.4, 0.5) is 4.79 Å². The van der Waals surface area contributed by atoms with Crippen molar-refractivity contribution in [2.75, 3.05) is 42.7 Å². The zero-order chi connectivity index (χ0) is 69.9. The zero-order valence-corrected chi connectivity index (χ0v) is 58.3. The van der Waals surface area contributed by atoms with Crippen molar-refractivity contribution in [3.05, 3.63) is 0 Å². The topological polar surface area (TPSA) is 366 Å².